The first-order valence-electron chi connectivity index (χ1n) is 8.66. The number of azo groups is 1. The Labute approximate surface area is 170 Å². The van der Waals surface area contributed by atoms with Gasteiger partial charge < -0.3 is 5.11 Å². The summed E-state index contributed by atoms with van der Waals surface area (Å²) < 4.78 is 32.6. The molecule has 30 heavy (non-hydrogen) atoms. The summed E-state index contributed by atoms with van der Waals surface area (Å²) in [5.41, 5.74) is 0.722. The van der Waals surface area contributed by atoms with Crippen LogP contribution in [0.25, 0.3) is 4.91 Å². The van der Waals surface area contributed by atoms with E-state index < -0.39 is 44.7 Å². The van der Waals surface area contributed by atoms with E-state index in [1.54, 1.807) is 42.5 Å². The number of rotatable bonds is 4. The molecule has 2 unspecified atom stereocenters. The lowest BCUT2D eigenvalue weighted by Crippen LogP contribution is -2.30. The van der Waals surface area contributed by atoms with Gasteiger partial charge in [0.1, 0.15) is 4.91 Å². The van der Waals surface area contributed by atoms with E-state index >= 15 is 0 Å². The molecule has 152 valence electrons. The number of amides is 1. The lowest BCUT2D eigenvalue weighted by atomic mass is 9.92. The summed E-state index contributed by atoms with van der Waals surface area (Å²) in [5, 5.41) is 22.5. The molecule has 11 heteroatoms. The molecule has 2 aliphatic rings. The van der Waals surface area contributed by atoms with E-state index in [0.717, 1.165) is 11.1 Å². The monoisotopic (exact) mass is 426 g/mol. The number of benzene rings is 2. The van der Waals surface area contributed by atoms with Gasteiger partial charge in [0, 0.05) is 11.6 Å². The highest BCUT2D eigenvalue weighted by molar-refractivity contribution is 7.95. The van der Waals surface area contributed by atoms with E-state index in [-0.39, 0.29) is 11.1 Å². The number of nitrogens with zero attached hydrogens (tertiary/aromatic N) is 4. The standard InChI is InChI=1S/C19H14N4O6S/c24-14-10-15(30(27,28)29)12-8-4-5-9-13(12)16(14)20-21-17-18(25)22-23(19(17)26)11-6-2-1-3-7-11/h1-10,16-17H,(H,22,25)(H,27,28,29)/b21-20+. The molecule has 0 bridgehead atoms. The molecule has 2 N–H and O–H groups in total. The molecule has 4 rings (SSSR count). The average molecular weight is 426 g/mol. The summed E-state index contributed by atoms with van der Waals surface area (Å²) >= 11 is 0. The summed E-state index contributed by atoms with van der Waals surface area (Å²) in [4.78, 5) is 24.5. The number of carbonyl (C=O) groups excluding carboxylic acids is 2. The number of hydrogen-bond donors (Lipinski definition) is 2. The predicted molar refractivity (Wildman–Crippen MR) is 106 cm³/mol. The van der Waals surface area contributed by atoms with Crippen molar-refractivity contribution in [1.82, 2.24) is 0 Å². The van der Waals surface area contributed by atoms with Crippen molar-refractivity contribution < 1.29 is 27.7 Å². The van der Waals surface area contributed by atoms with Crippen LogP contribution in [0.5, 0.6) is 0 Å². The number of anilines is 1. The van der Waals surface area contributed by atoms with Gasteiger partial charge in [0.25, 0.3) is 16.0 Å². The van der Waals surface area contributed by atoms with Gasteiger partial charge in [-0.3, -0.25) is 14.1 Å². The molecular weight excluding hydrogens is 412 g/mol. The van der Waals surface area contributed by atoms with E-state index in [1.807, 2.05) is 0 Å². The second-order valence-electron chi connectivity index (χ2n) is 6.45. The Morgan fingerprint density at radius 1 is 0.933 bits per heavy atom. The van der Waals surface area contributed by atoms with Crippen molar-refractivity contribution in [3.63, 3.8) is 0 Å². The molecule has 1 heterocycles. The lowest BCUT2D eigenvalue weighted by molar-refractivity contribution is -0.118. The minimum absolute atomic E-state index is 0.102. The molecule has 1 aliphatic carbocycles. The highest BCUT2D eigenvalue weighted by atomic mass is 32.2. The molecule has 0 fully saturated rings. The highest BCUT2D eigenvalue weighted by Crippen LogP contribution is 2.36. The van der Waals surface area contributed by atoms with Crippen LogP contribution in [0.3, 0.4) is 0 Å². The number of carbonyl (C=O) groups is 2. The third-order valence-electron chi connectivity index (χ3n) is 4.53. The van der Waals surface area contributed by atoms with E-state index in [1.165, 1.54) is 12.1 Å². The van der Waals surface area contributed by atoms with Crippen LogP contribution in [-0.2, 0) is 19.7 Å². The Hall–Kier alpha value is -3.70. The minimum atomic E-state index is -4.63. The van der Waals surface area contributed by atoms with Crippen LogP contribution in [0, 0.1) is 0 Å². The van der Waals surface area contributed by atoms with Crippen LogP contribution in [0.4, 0.5) is 5.69 Å². The van der Waals surface area contributed by atoms with Crippen molar-refractivity contribution in [2.75, 3.05) is 5.01 Å². The molecule has 1 amide bonds. The Kier molecular flexibility index (Phi) is 4.76. The fourth-order valence-electron chi connectivity index (χ4n) is 3.15. The van der Waals surface area contributed by atoms with Gasteiger partial charge in [0.15, 0.2) is 11.8 Å². The maximum Gasteiger partial charge on any atom is 0.295 e. The van der Waals surface area contributed by atoms with Gasteiger partial charge in [0.2, 0.25) is 11.9 Å². The number of aliphatic hydroxyl groups excluding tert-OH is 1. The highest BCUT2D eigenvalue weighted by Gasteiger charge is 2.38. The summed E-state index contributed by atoms with van der Waals surface area (Å²) in [7, 11) is -4.63. The third kappa shape index (κ3) is 3.40. The molecule has 10 nitrogen and oxygen atoms in total. The average Bonchev–Trinajstić information content (AvgIpc) is 3.00. The zero-order valence-electron chi connectivity index (χ0n) is 15.2. The summed E-state index contributed by atoms with van der Waals surface area (Å²) in [6.07, 6.45) is 0.766. The van der Waals surface area contributed by atoms with Crippen LogP contribution in [0.1, 0.15) is 17.2 Å². The van der Waals surface area contributed by atoms with Gasteiger partial charge >= 0.3 is 0 Å². The number of para-hydroxylation sites is 1. The van der Waals surface area contributed by atoms with Crippen molar-refractivity contribution in [3.8, 4) is 0 Å². The van der Waals surface area contributed by atoms with Crippen molar-refractivity contribution in [3.05, 3.63) is 71.8 Å². The van der Waals surface area contributed by atoms with Crippen molar-refractivity contribution in [2.45, 2.75) is 12.1 Å². The zero-order valence-corrected chi connectivity index (χ0v) is 16.0. The van der Waals surface area contributed by atoms with Crippen LogP contribution in [0.2, 0.25) is 0 Å². The number of fused-ring (bicyclic) bond motifs is 1. The Morgan fingerprint density at radius 3 is 2.27 bits per heavy atom. The predicted octanol–water partition coefficient (Wildman–Crippen LogP) is 2.28. The van der Waals surface area contributed by atoms with E-state index in [4.69, 9.17) is 0 Å². The first kappa shape index (κ1) is 19.6. The Morgan fingerprint density at radius 2 is 1.57 bits per heavy atom. The number of hydrogen-bond acceptors (Lipinski definition) is 7. The van der Waals surface area contributed by atoms with Crippen LogP contribution in [0.15, 0.2) is 76.0 Å². The number of ketones is 1. The van der Waals surface area contributed by atoms with Gasteiger partial charge in [-0.1, -0.05) is 42.5 Å². The van der Waals surface area contributed by atoms with Gasteiger partial charge in [-0.25, -0.2) is 0 Å². The molecule has 2 atom stereocenters. The fraction of sp³-hybridized carbons (Fsp3) is 0.105. The molecule has 0 radical (unpaired) electrons. The molecule has 0 spiro atoms. The van der Waals surface area contributed by atoms with Crippen molar-refractivity contribution in [2.24, 2.45) is 15.3 Å². The minimum Gasteiger partial charge on any atom is -0.493 e. The second-order valence-corrected chi connectivity index (χ2v) is 7.84. The Balaban J connectivity index is 1.65. The van der Waals surface area contributed by atoms with E-state index in [9.17, 15) is 27.7 Å². The van der Waals surface area contributed by atoms with E-state index in [0.29, 0.717) is 5.69 Å². The van der Waals surface area contributed by atoms with E-state index in [2.05, 4.69) is 15.3 Å². The normalized spacial score (nSPS) is 21.6. The second kappa shape index (κ2) is 7.28. The number of aliphatic hydroxyl groups is 1. The summed E-state index contributed by atoms with van der Waals surface area (Å²) in [6.45, 7) is 0. The maximum absolute atomic E-state index is 12.6. The molecule has 0 aromatic heterocycles. The topological polar surface area (TPSA) is 149 Å². The first-order valence-corrected chi connectivity index (χ1v) is 10.1. The van der Waals surface area contributed by atoms with Crippen LogP contribution >= 0.6 is 0 Å². The largest absolute Gasteiger partial charge is 0.493 e. The van der Waals surface area contributed by atoms with Crippen LogP contribution in [-0.4, -0.2) is 41.7 Å². The van der Waals surface area contributed by atoms with Crippen molar-refractivity contribution >= 4 is 38.3 Å². The van der Waals surface area contributed by atoms with Gasteiger partial charge in [-0.2, -0.15) is 23.7 Å². The molecule has 1 aliphatic heterocycles. The lowest BCUT2D eigenvalue weighted by Gasteiger charge is -2.20. The molecule has 0 saturated carbocycles. The zero-order chi connectivity index (χ0) is 21.5. The summed E-state index contributed by atoms with van der Waals surface area (Å²) in [6, 6.07) is 11.7. The summed E-state index contributed by atoms with van der Waals surface area (Å²) in [5.74, 6) is -1.99. The fourth-order valence-corrected chi connectivity index (χ4v) is 3.88. The number of hydrazone groups is 1. The molecular formula is C19H14N4O6S. The molecule has 0 saturated heterocycles. The quantitative estimate of drug-likeness (QED) is 0.566. The smallest absolute Gasteiger partial charge is 0.295 e. The Bertz CT molecular complexity index is 1240. The van der Waals surface area contributed by atoms with Crippen LogP contribution < -0.4 is 5.01 Å². The maximum atomic E-state index is 12.6. The van der Waals surface area contributed by atoms with Crippen molar-refractivity contribution in [1.29, 1.82) is 0 Å². The molecule has 2 aromatic rings. The SMILES string of the molecule is O=C1C=C(S(=O)(=O)O)c2ccccc2C1/N=N/C1C(=O)N(c2ccccc2)N=C1O. The van der Waals surface area contributed by atoms with Gasteiger partial charge in [0.05, 0.1) is 5.69 Å². The first-order chi connectivity index (χ1) is 14.3. The van der Waals surface area contributed by atoms with Gasteiger partial charge in [-0.15, -0.1) is 5.10 Å². The third-order valence-corrected chi connectivity index (χ3v) is 5.42. The molecule has 2 aromatic carbocycles. The van der Waals surface area contributed by atoms with Gasteiger partial charge in [-0.05, 0) is 17.7 Å².